The molecule has 21 heavy (non-hydrogen) atoms. The van der Waals surface area contributed by atoms with E-state index in [0.717, 1.165) is 19.5 Å². The van der Waals surface area contributed by atoms with Crippen molar-refractivity contribution in [1.82, 2.24) is 16.0 Å². The number of amides is 2. The van der Waals surface area contributed by atoms with E-state index in [2.05, 4.69) is 16.0 Å². The van der Waals surface area contributed by atoms with Gasteiger partial charge in [-0.05, 0) is 43.7 Å². The summed E-state index contributed by atoms with van der Waals surface area (Å²) in [5.41, 5.74) is 0.428. The van der Waals surface area contributed by atoms with Crippen LogP contribution in [0, 0.1) is 11.7 Å². The second-order valence-electron chi connectivity index (χ2n) is 5.10. The molecule has 1 unspecified atom stereocenters. The molecule has 114 valence electrons. The molecule has 2 amide bonds. The second kappa shape index (κ2) is 7.73. The predicted octanol–water partition coefficient (Wildman–Crippen LogP) is 0.671. The van der Waals surface area contributed by atoms with Gasteiger partial charge in [0, 0.05) is 25.2 Å². The molecule has 1 atom stereocenters. The number of rotatable bonds is 6. The quantitative estimate of drug-likeness (QED) is 0.675. The molecular weight excluding hydrogens is 273 g/mol. The smallest absolute Gasteiger partial charge is 0.251 e. The highest BCUT2D eigenvalue weighted by Gasteiger charge is 2.21. The number of carbonyl (C=O) groups is 2. The minimum Gasteiger partial charge on any atom is -0.356 e. The van der Waals surface area contributed by atoms with Gasteiger partial charge in [0.25, 0.3) is 5.91 Å². The molecule has 1 heterocycles. The molecule has 0 radical (unpaired) electrons. The zero-order valence-electron chi connectivity index (χ0n) is 11.8. The van der Waals surface area contributed by atoms with Crippen LogP contribution in [0.1, 0.15) is 23.2 Å². The molecule has 1 fully saturated rings. The van der Waals surface area contributed by atoms with E-state index in [9.17, 15) is 14.0 Å². The highest BCUT2D eigenvalue weighted by molar-refractivity contribution is 5.94. The van der Waals surface area contributed by atoms with Gasteiger partial charge in [0.15, 0.2) is 0 Å². The first-order valence-corrected chi connectivity index (χ1v) is 7.19. The van der Waals surface area contributed by atoms with Crippen molar-refractivity contribution in [2.45, 2.75) is 12.8 Å². The van der Waals surface area contributed by atoms with E-state index in [1.807, 2.05) is 0 Å². The first-order chi connectivity index (χ1) is 10.2. The third-order valence-electron chi connectivity index (χ3n) is 3.48. The van der Waals surface area contributed by atoms with Crippen LogP contribution in [0.15, 0.2) is 24.3 Å². The Morgan fingerprint density at radius 2 is 1.90 bits per heavy atom. The van der Waals surface area contributed by atoms with E-state index in [0.29, 0.717) is 25.1 Å². The Bertz CT molecular complexity index is 484. The van der Waals surface area contributed by atoms with Crippen molar-refractivity contribution in [2.24, 2.45) is 5.92 Å². The van der Waals surface area contributed by atoms with E-state index in [1.165, 1.54) is 24.3 Å². The molecule has 5 nitrogen and oxygen atoms in total. The molecule has 0 aliphatic carbocycles. The number of hydrogen-bond acceptors (Lipinski definition) is 3. The Hall–Kier alpha value is -1.95. The fraction of sp³-hybridized carbons (Fsp3) is 0.467. The lowest BCUT2D eigenvalue weighted by atomic mass is 10.1. The van der Waals surface area contributed by atoms with Gasteiger partial charge in [0.05, 0.1) is 5.92 Å². The largest absolute Gasteiger partial charge is 0.356 e. The summed E-state index contributed by atoms with van der Waals surface area (Å²) in [6.45, 7) is 2.65. The molecule has 6 heteroatoms. The van der Waals surface area contributed by atoms with Crippen LogP contribution in [0.3, 0.4) is 0 Å². The molecule has 0 bridgehead atoms. The van der Waals surface area contributed by atoms with Crippen molar-refractivity contribution in [1.29, 1.82) is 0 Å². The van der Waals surface area contributed by atoms with Crippen molar-refractivity contribution in [3.63, 3.8) is 0 Å². The number of hydrogen-bond donors (Lipinski definition) is 3. The molecule has 1 aliphatic heterocycles. The summed E-state index contributed by atoms with van der Waals surface area (Å²) >= 11 is 0. The van der Waals surface area contributed by atoms with Crippen molar-refractivity contribution < 1.29 is 14.0 Å². The molecule has 1 saturated heterocycles. The Labute approximate surface area is 123 Å². The lowest BCUT2D eigenvalue weighted by Gasteiger charge is -2.10. The lowest BCUT2D eigenvalue weighted by molar-refractivity contribution is -0.124. The van der Waals surface area contributed by atoms with E-state index < -0.39 is 0 Å². The Balaban J connectivity index is 1.60. The number of nitrogens with one attached hydrogen (secondary N) is 3. The molecule has 0 spiro atoms. The van der Waals surface area contributed by atoms with Gasteiger partial charge in [-0.2, -0.15) is 0 Å². The Kier molecular flexibility index (Phi) is 5.68. The van der Waals surface area contributed by atoms with Gasteiger partial charge in [-0.3, -0.25) is 9.59 Å². The van der Waals surface area contributed by atoms with Gasteiger partial charge < -0.3 is 16.0 Å². The minimum absolute atomic E-state index is 0.0683. The van der Waals surface area contributed by atoms with Crippen LogP contribution >= 0.6 is 0 Å². The molecule has 1 aliphatic rings. The van der Waals surface area contributed by atoms with Crippen molar-refractivity contribution in [3.05, 3.63) is 35.6 Å². The third-order valence-corrected chi connectivity index (χ3v) is 3.48. The number of halogens is 1. The maximum Gasteiger partial charge on any atom is 0.251 e. The SMILES string of the molecule is O=C(NCCCNC(=O)C1CCNC1)c1ccc(F)cc1. The second-order valence-corrected chi connectivity index (χ2v) is 5.10. The zero-order chi connectivity index (χ0) is 15.1. The first kappa shape index (κ1) is 15.4. The van der Waals surface area contributed by atoms with Gasteiger partial charge in [0.1, 0.15) is 5.82 Å². The topological polar surface area (TPSA) is 70.2 Å². The van der Waals surface area contributed by atoms with Crippen molar-refractivity contribution in [2.75, 3.05) is 26.2 Å². The third kappa shape index (κ3) is 4.82. The van der Waals surface area contributed by atoms with E-state index >= 15 is 0 Å². The molecule has 1 aromatic carbocycles. The maximum atomic E-state index is 12.7. The summed E-state index contributed by atoms with van der Waals surface area (Å²) in [4.78, 5) is 23.5. The molecular formula is C15H20FN3O2. The molecule has 2 rings (SSSR count). The summed E-state index contributed by atoms with van der Waals surface area (Å²) in [6.07, 6.45) is 1.55. The summed E-state index contributed by atoms with van der Waals surface area (Å²) in [5.74, 6) is -0.458. The minimum atomic E-state index is -0.365. The van der Waals surface area contributed by atoms with E-state index in [1.54, 1.807) is 0 Å². The highest BCUT2D eigenvalue weighted by Crippen LogP contribution is 2.06. The molecule has 1 aromatic rings. The van der Waals surface area contributed by atoms with Crippen LogP contribution in [0.2, 0.25) is 0 Å². The summed E-state index contributed by atoms with van der Waals surface area (Å²) < 4.78 is 12.7. The predicted molar refractivity (Wildman–Crippen MR) is 77.3 cm³/mol. The fourth-order valence-corrected chi connectivity index (χ4v) is 2.23. The normalized spacial score (nSPS) is 17.5. The van der Waals surface area contributed by atoms with Crippen molar-refractivity contribution >= 4 is 11.8 Å². The summed E-state index contributed by atoms with van der Waals surface area (Å²) in [7, 11) is 0. The zero-order valence-corrected chi connectivity index (χ0v) is 11.8. The Morgan fingerprint density at radius 1 is 1.19 bits per heavy atom. The first-order valence-electron chi connectivity index (χ1n) is 7.19. The van der Waals surface area contributed by atoms with Crippen LogP contribution in [0.25, 0.3) is 0 Å². The van der Waals surface area contributed by atoms with Crippen molar-refractivity contribution in [3.8, 4) is 0 Å². The van der Waals surface area contributed by atoms with Crippen LogP contribution in [-0.4, -0.2) is 38.0 Å². The van der Waals surface area contributed by atoms with Crippen LogP contribution in [0.5, 0.6) is 0 Å². The summed E-state index contributed by atoms with van der Waals surface area (Å²) in [6, 6.07) is 5.40. The average Bonchev–Trinajstić information content (AvgIpc) is 3.01. The van der Waals surface area contributed by atoms with Gasteiger partial charge >= 0.3 is 0 Å². The molecule has 0 saturated carbocycles. The maximum absolute atomic E-state index is 12.7. The molecule has 0 aromatic heterocycles. The average molecular weight is 293 g/mol. The lowest BCUT2D eigenvalue weighted by Crippen LogP contribution is -2.34. The monoisotopic (exact) mass is 293 g/mol. The van der Waals surface area contributed by atoms with E-state index in [-0.39, 0.29) is 23.5 Å². The number of benzene rings is 1. The van der Waals surface area contributed by atoms with Gasteiger partial charge in [-0.25, -0.2) is 4.39 Å². The van der Waals surface area contributed by atoms with Gasteiger partial charge in [-0.15, -0.1) is 0 Å². The fourth-order valence-electron chi connectivity index (χ4n) is 2.23. The molecule has 3 N–H and O–H groups in total. The van der Waals surface area contributed by atoms with Crippen LogP contribution in [-0.2, 0) is 4.79 Å². The van der Waals surface area contributed by atoms with Gasteiger partial charge in [0.2, 0.25) is 5.91 Å². The highest BCUT2D eigenvalue weighted by atomic mass is 19.1. The standard InChI is InChI=1S/C15H20FN3O2/c16-13-4-2-11(3-5-13)14(20)18-7-1-8-19-15(21)12-6-9-17-10-12/h2-5,12,17H,1,6-10H2,(H,18,20)(H,19,21). The number of carbonyl (C=O) groups excluding carboxylic acids is 2. The van der Waals surface area contributed by atoms with Crippen LogP contribution in [0.4, 0.5) is 4.39 Å². The van der Waals surface area contributed by atoms with Crippen LogP contribution < -0.4 is 16.0 Å². The van der Waals surface area contributed by atoms with E-state index in [4.69, 9.17) is 0 Å². The van der Waals surface area contributed by atoms with Gasteiger partial charge in [-0.1, -0.05) is 0 Å². The Morgan fingerprint density at radius 3 is 2.57 bits per heavy atom. The summed E-state index contributed by atoms with van der Waals surface area (Å²) in [5, 5.41) is 8.75.